The van der Waals surface area contributed by atoms with Gasteiger partial charge in [-0.2, -0.15) is 0 Å². The zero-order valence-corrected chi connectivity index (χ0v) is 14.2. The van der Waals surface area contributed by atoms with E-state index in [1.807, 2.05) is 0 Å². The highest BCUT2D eigenvalue weighted by Gasteiger charge is 2.24. The Morgan fingerprint density at radius 2 is 1.04 bits per heavy atom. The Hall–Kier alpha value is -4.07. The van der Waals surface area contributed by atoms with Crippen LogP contribution in [-0.4, -0.2) is 25.3 Å². The summed E-state index contributed by atoms with van der Waals surface area (Å²) in [6.07, 6.45) is 0. The van der Waals surface area contributed by atoms with Gasteiger partial charge in [-0.1, -0.05) is 11.6 Å². The van der Waals surface area contributed by atoms with Crippen LogP contribution in [0.25, 0.3) is 0 Å². The molecule has 28 heavy (non-hydrogen) atoms. The number of nitrogens with zero attached hydrogens (tertiary/aromatic N) is 4. The molecule has 2 N–H and O–H groups in total. The van der Waals surface area contributed by atoms with Crippen LogP contribution >= 0.6 is 11.6 Å². The van der Waals surface area contributed by atoms with Crippen molar-refractivity contribution in [3.63, 3.8) is 0 Å². The number of hydrogen-bond donors (Lipinski definition) is 2. The molecule has 14 nitrogen and oxygen atoms in total. The molecule has 0 unspecified atom stereocenters. The fourth-order valence-electron chi connectivity index (χ4n) is 2.12. The molecule has 0 aliphatic carbocycles. The van der Waals surface area contributed by atoms with Crippen LogP contribution < -0.4 is 10.6 Å². The molecule has 0 fully saturated rings. The Balaban J connectivity index is 2.28. The smallest absolute Gasteiger partial charge is 0.299 e. The molecule has 0 aliphatic heterocycles. The first-order chi connectivity index (χ1) is 13.1. The minimum Gasteiger partial charge on any atom is -0.347 e. The number of alkyl halides is 1. The first-order valence-electron chi connectivity index (χ1n) is 7.13. The lowest BCUT2D eigenvalue weighted by atomic mass is 10.2. The first-order valence-corrected chi connectivity index (χ1v) is 7.56. The summed E-state index contributed by atoms with van der Waals surface area (Å²) in [4.78, 5) is 40.3. The standard InChI is InChI=1S/C13H9ClN6O8/c14-13(15-9-3-1-7(17(21)22)5-11(9)19(25)26)16-10-4-2-8(18(23)24)6-12(10)20(27)28/h1-6,13,15-16H. The number of hydrogen-bond acceptors (Lipinski definition) is 10. The minimum atomic E-state index is -1.33. The molecule has 0 aromatic heterocycles. The van der Waals surface area contributed by atoms with E-state index in [2.05, 4.69) is 10.6 Å². The van der Waals surface area contributed by atoms with Crippen molar-refractivity contribution >= 4 is 45.7 Å². The summed E-state index contributed by atoms with van der Waals surface area (Å²) in [6, 6.07) is 5.57. The lowest BCUT2D eigenvalue weighted by Gasteiger charge is -2.16. The van der Waals surface area contributed by atoms with Gasteiger partial charge in [-0.15, -0.1) is 0 Å². The van der Waals surface area contributed by atoms with E-state index in [1.54, 1.807) is 0 Å². The lowest BCUT2D eigenvalue weighted by Crippen LogP contribution is -2.23. The first kappa shape index (κ1) is 20.2. The predicted octanol–water partition coefficient (Wildman–Crippen LogP) is 3.37. The van der Waals surface area contributed by atoms with Gasteiger partial charge in [0.15, 0.2) is 5.62 Å². The number of nitrogens with one attached hydrogen (secondary N) is 2. The highest BCUT2D eigenvalue weighted by molar-refractivity contribution is 6.22. The number of halogens is 1. The van der Waals surface area contributed by atoms with Crippen molar-refractivity contribution in [2.45, 2.75) is 5.62 Å². The van der Waals surface area contributed by atoms with Crippen LogP contribution in [0.1, 0.15) is 0 Å². The molecule has 0 atom stereocenters. The molecule has 2 rings (SSSR count). The van der Waals surface area contributed by atoms with Crippen LogP contribution in [0.3, 0.4) is 0 Å². The van der Waals surface area contributed by atoms with Crippen molar-refractivity contribution in [1.29, 1.82) is 0 Å². The second-order valence-electron chi connectivity index (χ2n) is 5.08. The van der Waals surface area contributed by atoms with Crippen LogP contribution in [0.4, 0.5) is 34.1 Å². The van der Waals surface area contributed by atoms with Crippen molar-refractivity contribution in [1.82, 2.24) is 0 Å². The van der Waals surface area contributed by atoms with Crippen LogP contribution in [0, 0.1) is 40.5 Å². The average molecular weight is 413 g/mol. The fraction of sp³-hybridized carbons (Fsp3) is 0.0769. The van der Waals surface area contributed by atoms with Crippen LogP contribution in [0.15, 0.2) is 36.4 Å². The molecule has 146 valence electrons. The Bertz CT molecular complexity index is 906. The molecule has 0 bridgehead atoms. The third kappa shape index (κ3) is 4.55. The van der Waals surface area contributed by atoms with E-state index in [9.17, 15) is 40.5 Å². The molecule has 0 radical (unpaired) electrons. The third-order valence-electron chi connectivity index (χ3n) is 3.34. The van der Waals surface area contributed by atoms with Crippen LogP contribution in [0.5, 0.6) is 0 Å². The maximum Gasteiger partial charge on any atom is 0.299 e. The van der Waals surface area contributed by atoms with Gasteiger partial charge in [0.25, 0.3) is 22.7 Å². The Kier molecular flexibility index (Phi) is 5.85. The summed E-state index contributed by atoms with van der Waals surface area (Å²) in [7, 11) is 0. The molecular formula is C13H9ClN6O8. The van der Waals surface area contributed by atoms with Gasteiger partial charge >= 0.3 is 0 Å². The Labute approximate surface area is 159 Å². The van der Waals surface area contributed by atoms with E-state index < -0.39 is 48.1 Å². The largest absolute Gasteiger partial charge is 0.347 e. The molecule has 15 heteroatoms. The van der Waals surface area contributed by atoms with Gasteiger partial charge in [-0.3, -0.25) is 40.5 Å². The van der Waals surface area contributed by atoms with Crippen LogP contribution in [0.2, 0.25) is 0 Å². The van der Waals surface area contributed by atoms with Gasteiger partial charge < -0.3 is 10.6 Å². The van der Waals surface area contributed by atoms with E-state index >= 15 is 0 Å². The number of benzene rings is 2. The second kappa shape index (κ2) is 8.09. The highest BCUT2D eigenvalue weighted by atomic mass is 35.5. The van der Waals surface area contributed by atoms with Gasteiger partial charge in [-0.25, -0.2) is 0 Å². The Morgan fingerprint density at radius 1 is 0.679 bits per heavy atom. The third-order valence-corrected chi connectivity index (χ3v) is 3.56. The summed E-state index contributed by atoms with van der Waals surface area (Å²) < 4.78 is 0. The van der Waals surface area contributed by atoms with Crippen LogP contribution in [-0.2, 0) is 0 Å². The Morgan fingerprint density at radius 3 is 1.32 bits per heavy atom. The predicted molar refractivity (Wildman–Crippen MR) is 96.4 cm³/mol. The monoisotopic (exact) mass is 412 g/mol. The molecule has 0 saturated heterocycles. The van der Waals surface area contributed by atoms with Gasteiger partial charge in [0.2, 0.25) is 0 Å². The minimum absolute atomic E-state index is 0.187. The molecule has 2 aromatic rings. The summed E-state index contributed by atoms with van der Waals surface area (Å²) in [5, 5.41) is 48.6. The number of nitro groups is 4. The summed E-state index contributed by atoms with van der Waals surface area (Å²) in [5.74, 6) is 0. The SMILES string of the molecule is O=[N+]([O-])c1ccc(NC(Cl)Nc2ccc([N+](=O)[O-])cc2[N+](=O)[O-])c([N+](=O)[O-])c1. The normalized spacial score (nSPS) is 10.4. The topological polar surface area (TPSA) is 197 Å². The second-order valence-corrected chi connectivity index (χ2v) is 5.52. The zero-order valence-electron chi connectivity index (χ0n) is 13.5. The van der Waals surface area contributed by atoms with Gasteiger partial charge in [0, 0.05) is 12.1 Å². The van der Waals surface area contributed by atoms with Crippen molar-refractivity contribution < 1.29 is 19.7 Å². The number of non-ortho nitro benzene ring substituents is 2. The van der Waals surface area contributed by atoms with Crippen molar-refractivity contribution in [3.05, 3.63) is 76.9 Å². The lowest BCUT2D eigenvalue weighted by molar-refractivity contribution is -0.393. The number of anilines is 2. The van der Waals surface area contributed by atoms with Crippen molar-refractivity contribution in [3.8, 4) is 0 Å². The van der Waals surface area contributed by atoms with E-state index in [-0.39, 0.29) is 11.4 Å². The molecule has 0 spiro atoms. The van der Waals surface area contributed by atoms with E-state index in [0.717, 1.165) is 36.4 Å². The molecular weight excluding hydrogens is 404 g/mol. The summed E-state index contributed by atoms with van der Waals surface area (Å²) in [5.41, 5.74) is -4.01. The molecule has 0 heterocycles. The van der Waals surface area contributed by atoms with Crippen molar-refractivity contribution in [2.24, 2.45) is 0 Å². The molecule has 2 aromatic carbocycles. The van der Waals surface area contributed by atoms with Gasteiger partial charge in [0.05, 0.1) is 31.8 Å². The van der Waals surface area contributed by atoms with E-state index in [4.69, 9.17) is 11.6 Å². The molecule has 0 saturated carbocycles. The summed E-state index contributed by atoms with van der Waals surface area (Å²) in [6.45, 7) is 0. The fourth-order valence-corrected chi connectivity index (χ4v) is 2.36. The maximum absolute atomic E-state index is 11.1. The highest BCUT2D eigenvalue weighted by Crippen LogP contribution is 2.32. The van der Waals surface area contributed by atoms with E-state index in [0.29, 0.717) is 0 Å². The number of nitro benzene ring substituents is 4. The quantitative estimate of drug-likeness (QED) is 0.213. The number of rotatable bonds is 8. The van der Waals surface area contributed by atoms with Gasteiger partial charge in [-0.05, 0) is 12.1 Å². The molecule has 0 amide bonds. The van der Waals surface area contributed by atoms with Gasteiger partial charge in [0.1, 0.15) is 11.4 Å². The van der Waals surface area contributed by atoms with E-state index in [1.165, 1.54) is 0 Å². The zero-order chi connectivity index (χ0) is 21.0. The van der Waals surface area contributed by atoms with Crippen molar-refractivity contribution in [2.75, 3.05) is 10.6 Å². The average Bonchev–Trinajstić information content (AvgIpc) is 2.61. The maximum atomic E-state index is 11.1. The summed E-state index contributed by atoms with van der Waals surface area (Å²) >= 11 is 5.97. The molecule has 0 aliphatic rings.